The zero-order valence-corrected chi connectivity index (χ0v) is 11.4. The maximum Gasteiger partial charge on any atom is 0.335 e. The Hall–Kier alpha value is -3.15. The van der Waals surface area contributed by atoms with Crippen LogP contribution in [0.15, 0.2) is 54.7 Å². The zero-order valence-electron chi connectivity index (χ0n) is 11.4. The van der Waals surface area contributed by atoms with Gasteiger partial charge < -0.3 is 15.7 Å². The van der Waals surface area contributed by atoms with Crippen molar-refractivity contribution in [2.45, 2.75) is 0 Å². The molecule has 2 amide bonds. The van der Waals surface area contributed by atoms with Crippen molar-refractivity contribution < 1.29 is 19.1 Å². The number of rotatable bonds is 4. The highest BCUT2D eigenvalue weighted by Crippen LogP contribution is 2.10. The van der Waals surface area contributed by atoms with E-state index in [4.69, 9.17) is 5.11 Å². The Bertz CT molecular complexity index is 729. The molecular weight excluding hydrogens is 287 g/mol. The summed E-state index contributed by atoms with van der Waals surface area (Å²) in [7, 11) is 0. The quantitative estimate of drug-likeness (QED) is 0.810. The maximum atomic E-state index is 13.3. The summed E-state index contributed by atoms with van der Waals surface area (Å²) in [4.78, 5) is 22.5. The van der Waals surface area contributed by atoms with E-state index >= 15 is 0 Å². The lowest BCUT2D eigenvalue weighted by molar-refractivity contribution is 0.0697. The molecule has 0 radical (unpaired) electrons. The minimum absolute atomic E-state index is 0.0692. The van der Waals surface area contributed by atoms with Gasteiger partial charge in [-0.3, -0.25) is 0 Å². The van der Waals surface area contributed by atoms with Crippen LogP contribution in [0.1, 0.15) is 15.9 Å². The minimum Gasteiger partial charge on any atom is -0.478 e. The number of benzene rings is 2. The normalized spacial score (nSPS) is 10.4. The third-order valence-corrected chi connectivity index (χ3v) is 2.75. The van der Waals surface area contributed by atoms with Crippen molar-refractivity contribution in [3.05, 3.63) is 71.7 Å². The molecule has 2 rings (SSSR count). The molecule has 0 fully saturated rings. The summed E-state index contributed by atoms with van der Waals surface area (Å²) in [6.07, 6.45) is 2.72. The van der Waals surface area contributed by atoms with Crippen LogP contribution in [-0.2, 0) is 0 Å². The van der Waals surface area contributed by atoms with Crippen LogP contribution in [0.5, 0.6) is 0 Å². The van der Waals surface area contributed by atoms with Crippen molar-refractivity contribution in [1.82, 2.24) is 5.32 Å². The molecule has 0 aliphatic heterocycles. The number of carbonyl (C=O) groups excluding carboxylic acids is 1. The fourth-order valence-corrected chi connectivity index (χ4v) is 1.71. The van der Waals surface area contributed by atoms with Crippen LogP contribution < -0.4 is 10.6 Å². The number of aromatic carboxylic acids is 1. The molecule has 0 saturated heterocycles. The lowest BCUT2D eigenvalue weighted by Gasteiger charge is -2.05. The van der Waals surface area contributed by atoms with E-state index in [9.17, 15) is 14.0 Å². The number of carboxylic acids is 1. The average molecular weight is 300 g/mol. The van der Waals surface area contributed by atoms with Gasteiger partial charge in [0.25, 0.3) is 0 Å². The van der Waals surface area contributed by atoms with Gasteiger partial charge in [0.05, 0.1) is 5.56 Å². The molecule has 6 heteroatoms. The van der Waals surface area contributed by atoms with Crippen LogP contribution in [0.2, 0.25) is 0 Å². The van der Waals surface area contributed by atoms with Crippen molar-refractivity contribution >= 4 is 23.8 Å². The van der Waals surface area contributed by atoms with Gasteiger partial charge in [-0.25, -0.2) is 14.0 Å². The summed E-state index contributed by atoms with van der Waals surface area (Å²) in [5.41, 5.74) is 0.757. The number of hydrogen-bond acceptors (Lipinski definition) is 2. The second-order valence-electron chi connectivity index (χ2n) is 4.34. The number of nitrogens with one attached hydrogen (secondary N) is 2. The van der Waals surface area contributed by atoms with Gasteiger partial charge in [0.1, 0.15) is 5.82 Å². The molecule has 0 atom stereocenters. The molecule has 0 bridgehead atoms. The Labute approximate surface area is 126 Å². The molecular formula is C16H13FN2O3. The lowest BCUT2D eigenvalue weighted by Crippen LogP contribution is -2.23. The van der Waals surface area contributed by atoms with E-state index in [-0.39, 0.29) is 5.56 Å². The summed E-state index contributed by atoms with van der Waals surface area (Å²) in [5.74, 6) is -1.47. The van der Waals surface area contributed by atoms with Crippen LogP contribution in [0.25, 0.3) is 6.08 Å². The highest BCUT2D eigenvalue weighted by molar-refractivity contribution is 5.93. The number of carboxylic acid groups (broad SMARTS) is 1. The Kier molecular flexibility index (Phi) is 4.87. The predicted octanol–water partition coefficient (Wildman–Crippen LogP) is 3.32. The molecule has 3 N–H and O–H groups in total. The predicted molar refractivity (Wildman–Crippen MR) is 81.0 cm³/mol. The maximum absolute atomic E-state index is 13.3. The molecule has 112 valence electrons. The van der Waals surface area contributed by atoms with Crippen molar-refractivity contribution in [2.24, 2.45) is 0 Å². The van der Waals surface area contributed by atoms with E-state index in [1.54, 1.807) is 24.3 Å². The second kappa shape index (κ2) is 7.03. The van der Waals surface area contributed by atoms with Gasteiger partial charge in [-0.05, 0) is 30.3 Å². The van der Waals surface area contributed by atoms with Gasteiger partial charge in [-0.15, -0.1) is 0 Å². The van der Waals surface area contributed by atoms with E-state index < -0.39 is 17.8 Å². The number of hydrogen-bond donors (Lipinski definition) is 3. The molecule has 2 aromatic rings. The van der Waals surface area contributed by atoms with Crippen LogP contribution in [-0.4, -0.2) is 17.1 Å². The van der Waals surface area contributed by atoms with Crippen molar-refractivity contribution in [2.75, 3.05) is 5.32 Å². The average Bonchev–Trinajstić information content (AvgIpc) is 2.49. The van der Waals surface area contributed by atoms with Crippen molar-refractivity contribution in [1.29, 1.82) is 0 Å². The second-order valence-corrected chi connectivity index (χ2v) is 4.34. The number of halogens is 1. The first kappa shape index (κ1) is 15.2. The molecule has 0 spiro atoms. The van der Waals surface area contributed by atoms with Crippen LogP contribution in [0.3, 0.4) is 0 Å². The third kappa shape index (κ3) is 4.17. The van der Waals surface area contributed by atoms with Crippen LogP contribution >= 0.6 is 0 Å². The SMILES string of the molecule is O=C(N/C=C/c1ccccc1F)Nc1cccc(C(=O)O)c1. The fourth-order valence-electron chi connectivity index (χ4n) is 1.71. The Balaban J connectivity index is 1.95. The Morgan fingerprint density at radius 1 is 1.09 bits per heavy atom. The molecule has 0 unspecified atom stereocenters. The fraction of sp³-hybridized carbons (Fsp3) is 0. The largest absolute Gasteiger partial charge is 0.478 e. The van der Waals surface area contributed by atoms with E-state index in [0.717, 1.165) is 0 Å². The summed E-state index contributed by atoms with van der Waals surface area (Å²) in [5, 5.41) is 13.8. The molecule has 22 heavy (non-hydrogen) atoms. The molecule has 2 aromatic carbocycles. The first-order chi connectivity index (χ1) is 10.6. The lowest BCUT2D eigenvalue weighted by atomic mass is 10.2. The monoisotopic (exact) mass is 300 g/mol. The van der Waals surface area contributed by atoms with Gasteiger partial charge in [0, 0.05) is 17.5 Å². The van der Waals surface area contributed by atoms with Crippen molar-refractivity contribution in [3.8, 4) is 0 Å². The highest BCUT2D eigenvalue weighted by atomic mass is 19.1. The summed E-state index contributed by atoms with van der Waals surface area (Å²) in [6.45, 7) is 0. The molecule has 0 aliphatic carbocycles. The first-order valence-corrected chi connectivity index (χ1v) is 6.38. The highest BCUT2D eigenvalue weighted by Gasteiger charge is 2.05. The Morgan fingerprint density at radius 2 is 1.86 bits per heavy atom. The van der Waals surface area contributed by atoms with Gasteiger partial charge in [0.2, 0.25) is 0 Å². The number of anilines is 1. The van der Waals surface area contributed by atoms with Gasteiger partial charge >= 0.3 is 12.0 Å². The first-order valence-electron chi connectivity index (χ1n) is 6.38. The molecule has 0 aromatic heterocycles. The molecule has 0 heterocycles. The van der Waals surface area contributed by atoms with Crippen LogP contribution in [0, 0.1) is 5.82 Å². The van der Waals surface area contributed by atoms with E-state index in [1.807, 2.05) is 0 Å². The molecule has 0 saturated carbocycles. The van der Waals surface area contributed by atoms with E-state index in [0.29, 0.717) is 11.3 Å². The van der Waals surface area contributed by atoms with Gasteiger partial charge in [-0.2, -0.15) is 0 Å². The smallest absolute Gasteiger partial charge is 0.335 e. The topological polar surface area (TPSA) is 78.4 Å². The molecule has 5 nitrogen and oxygen atoms in total. The van der Waals surface area contributed by atoms with Gasteiger partial charge in [-0.1, -0.05) is 24.3 Å². The number of carbonyl (C=O) groups is 2. The third-order valence-electron chi connectivity index (χ3n) is 2.75. The van der Waals surface area contributed by atoms with Crippen LogP contribution in [0.4, 0.5) is 14.9 Å². The van der Waals surface area contributed by atoms with Crippen molar-refractivity contribution in [3.63, 3.8) is 0 Å². The number of amides is 2. The van der Waals surface area contributed by atoms with E-state index in [2.05, 4.69) is 10.6 Å². The summed E-state index contributed by atoms with van der Waals surface area (Å²) >= 11 is 0. The summed E-state index contributed by atoms with van der Waals surface area (Å²) in [6, 6.07) is 11.4. The summed E-state index contributed by atoms with van der Waals surface area (Å²) < 4.78 is 13.3. The minimum atomic E-state index is -1.08. The number of urea groups is 1. The van der Waals surface area contributed by atoms with E-state index in [1.165, 1.54) is 36.5 Å². The molecule has 0 aliphatic rings. The Morgan fingerprint density at radius 3 is 2.59 bits per heavy atom. The zero-order chi connectivity index (χ0) is 15.9. The standard InChI is InChI=1S/C16H13FN2O3/c17-14-7-2-1-4-11(14)8-9-18-16(22)19-13-6-3-5-12(10-13)15(20)21/h1-10H,(H,20,21)(H2,18,19,22)/b9-8+. The van der Waals surface area contributed by atoms with Gasteiger partial charge in [0.15, 0.2) is 0 Å².